The molecule has 1 saturated carbocycles. The summed E-state index contributed by atoms with van der Waals surface area (Å²) in [5.41, 5.74) is 1.05. The Morgan fingerprint density at radius 1 is 1.33 bits per heavy atom. The summed E-state index contributed by atoms with van der Waals surface area (Å²) in [5.74, 6) is 1.76. The van der Waals surface area contributed by atoms with Crippen LogP contribution in [0.15, 0.2) is 37.0 Å². The maximum Gasteiger partial charge on any atom is 0.0378 e. The molecule has 0 aliphatic heterocycles. The van der Waals surface area contributed by atoms with E-state index < -0.39 is 8.80 Å². The summed E-state index contributed by atoms with van der Waals surface area (Å²) in [6, 6.07) is 1.45. The van der Waals surface area contributed by atoms with Crippen molar-refractivity contribution in [1.29, 1.82) is 0 Å². The van der Waals surface area contributed by atoms with E-state index in [2.05, 4.69) is 43.5 Å². The first-order valence-electron chi connectivity index (χ1n) is 6.29. The molecular formula is C14H22Si. The quantitative estimate of drug-likeness (QED) is 0.495. The molecule has 0 aromatic carbocycles. The molecule has 2 rings (SSSR count). The van der Waals surface area contributed by atoms with Crippen LogP contribution in [0, 0.1) is 11.8 Å². The Morgan fingerprint density at radius 3 is 2.93 bits per heavy atom. The lowest BCUT2D eigenvalue weighted by Gasteiger charge is -2.26. The van der Waals surface area contributed by atoms with E-state index in [1.807, 2.05) is 0 Å². The smallest absolute Gasteiger partial charge is 0.0378 e. The van der Waals surface area contributed by atoms with Gasteiger partial charge in [-0.2, -0.15) is 0 Å². The molecule has 2 aliphatic carbocycles. The molecular weight excluding hydrogens is 196 g/mol. The van der Waals surface area contributed by atoms with Crippen molar-refractivity contribution in [1.82, 2.24) is 0 Å². The lowest BCUT2D eigenvalue weighted by atomic mass is 9.92. The Labute approximate surface area is 95.4 Å². The van der Waals surface area contributed by atoms with Crippen molar-refractivity contribution in [3.63, 3.8) is 0 Å². The van der Waals surface area contributed by atoms with Gasteiger partial charge in [0.05, 0.1) is 0 Å². The molecule has 0 aromatic rings. The molecule has 15 heavy (non-hydrogen) atoms. The second-order valence-electron chi connectivity index (χ2n) is 5.10. The van der Waals surface area contributed by atoms with Crippen LogP contribution in [0.3, 0.4) is 0 Å². The normalized spacial score (nSPS) is 35.1. The average Bonchev–Trinajstić information content (AvgIpc) is 2.69. The first kappa shape index (κ1) is 10.9. The second kappa shape index (κ2) is 4.98. The Balaban J connectivity index is 1.96. The molecule has 0 aromatic heterocycles. The van der Waals surface area contributed by atoms with Crippen LogP contribution < -0.4 is 0 Å². The van der Waals surface area contributed by atoms with Gasteiger partial charge in [-0.1, -0.05) is 49.4 Å². The maximum atomic E-state index is 3.84. The Hall–Kier alpha value is -0.563. The van der Waals surface area contributed by atoms with E-state index in [1.165, 1.54) is 25.3 Å². The van der Waals surface area contributed by atoms with E-state index in [4.69, 9.17) is 0 Å². The Morgan fingerprint density at radius 2 is 2.13 bits per heavy atom. The SMILES string of the molecule is C=CCC[SiH](C)C1CCC2C=CC=CC21. The highest BCUT2D eigenvalue weighted by molar-refractivity contribution is 6.59. The molecule has 0 saturated heterocycles. The number of hydrogen-bond donors (Lipinski definition) is 0. The van der Waals surface area contributed by atoms with Crippen LogP contribution in [0.5, 0.6) is 0 Å². The fourth-order valence-electron chi connectivity index (χ4n) is 3.26. The Kier molecular flexibility index (Phi) is 3.63. The van der Waals surface area contributed by atoms with Gasteiger partial charge in [0.15, 0.2) is 0 Å². The zero-order chi connectivity index (χ0) is 10.7. The second-order valence-corrected chi connectivity index (χ2v) is 8.48. The summed E-state index contributed by atoms with van der Waals surface area (Å²) in [6.07, 6.45) is 15.6. The fraction of sp³-hybridized carbons (Fsp3) is 0.571. The molecule has 82 valence electrons. The van der Waals surface area contributed by atoms with Crippen molar-refractivity contribution in [2.45, 2.75) is 37.4 Å². The fourth-order valence-corrected chi connectivity index (χ4v) is 6.38. The van der Waals surface area contributed by atoms with Crippen LogP contribution >= 0.6 is 0 Å². The molecule has 0 radical (unpaired) electrons. The molecule has 0 N–H and O–H groups in total. The lowest BCUT2D eigenvalue weighted by Crippen LogP contribution is -2.21. The molecule has 0 heterocycles. The van der Waals surface area contributed by atoms with Gasteiger partial charge in [-0.3, -0.25) is 0 Å². The molecule has 2 aliphatic rings. The number of fused-ring (bicyclic) bond motifs is 1. The van der Waals surface area contributed by atoms with Gasteiger partial charge in [0, 0.05) is 8.80 Å². The Bertz CT molecular complexity index is 277. The van der Waals surface area contributed by atoms with Gasteiger partial charge in [0.2, 0.25) is 0 Å². The van der Waals surface area contributed by atoms with Gasteiger partial charge >= 0.3 is 0 Å². The standard InChI is InChI=1S/C14H22Si/c1-3-4-11-15(2)14-10-9-12-7-5-6-8-13(12)14/h3,5-8,12-15H,1,4,9-11H2,2H3. The van der Waals surface area contributed by atoms with Crippen molar-refractivity contribution >= 4 is 8.80 Å². The van der Waals surface area contributed by atoms with Gasteiger partial charge in [-0.05, 0) is 30.2 Å². The predicted octanol–water partition coefficient (Wildman–Crippen LogP) is 3.94. The van der Waals surface area contributed by atoms with Crippen LogP contribution in [-0.4, -0.2) is 8.80 Å². The van der Waals surface area contributed by atoms with Gasteiger partial charge in [-0.25, -0.2) is 0 Å². The van der Waals surface area contributed by atoms with Crippen LogP contribution in [0.4, 0.5) is 0 Å². The largest absolute Gasteiger partial charge is 0.103 e. The lowest BCUT2D eigenvalue weighted by molar-refractivity contribution is 0.547. The summed E-state index contributed by atoms with van der Waals surface area (Å²) in [7, 11) is -0.523. The minimum absolute atomic E-state index is 0.523. The molecule has 4 unspecified atom stereocenters. The number of allylic oxidation sites excluding steroid dienone is 5. The summed E-state index contributed by atoms with van der Waals surface area (Å²) in [6.45, 7) is 6.40. The minimum atomic E-state index is -0.523. The van der Waals surface area contributed by atoms with E-state index in [1.54, 1.807) is 0 Å². The highest BCUT2D eigenvalue weighted by atomic mass is 28.3. The summed E-state index contributed by atoms with van der Waals surface area (Å²) in [4.78, 5) is 0. The third kappa shape index (κ3) is 2.33. The number of rotatable bonds is 4. The van der Waals surface area contributed by atoms with E-state index >= 15 is 0 Å². The van der Waals surface area contributed by atoms with E-state index in [0.717, 1.165) is 17.4 Å². The van der Waals surface area contributed by atoms with Crippen LogP contribution in [0.2, 0.25) is 18.1 Å². The zero-order valence-electron chi connectivity index (χ0n) is 9.73. The molecule has 0 amide bonds. The molecule has 0 spiro atoms. The van der Waals surface area contributed by atoms with Crippen LogP contribution in [0.25, 0.3) is 0 Å². The van der Waals surface area contributed by atoms with Gasteiger partial charge in [0.25, 0.3) is 0 Å². The third-order valence-electron chi connectivity index (χ3n) is 4.18. The van der Waals surface area contributed by atoms with Crippen molar-refractivity contribution in [2.24, 2.45) is 11.8 Å². The first-order valence-corrected chi connectivity index (χ1v) is 8.92. The first-order chi connectivity index (χ1) is 7.33. The van der Waals surface area contributed by atoms with E-state index in [0.29, 0.717) is 0 Å². The van der Waals surface area contributed by atoms with Gasteiger partial charge < -0.3 is 0 Å². The summed E-state index contributed by atoms with van der Waals surface area (Å²) in [5, 5.41) is 0. The van der Waals surface area contributed by atoms with Crippen molar-refractivity contribution in [3.05, 3.63) is 37.0 Å². The van der Waals surface area contributed by atoms with Crippen LogP contribution in [0.1, 0.15) is 19.3 Å². The van der Waals surface area contributed by atoms with Gasteiger partial charge in [0.1, 0.15) is 0 Å². The molecule has 1 fully saturated rings. The molecule has 0 bridgehead atoms. The third-order valence-corrected chi connectivity index (χ3v) is 7.67. The van der Waals surface area contributed by atoms with Crippen molar-refractivity contribution < 1.29 is 0 Å². The summed E-state index contributed by atoms with van der Waals surface area (Å²) < 4.78 is 0. The van der Waals surface area contributed by atoms with Gasteiger partial charge in [-0.15, -0.1) is 6.58 Å². The molecule has 0 nitrogen and oxygen atoms in total. The highest BCUT2D eigenvalue weighted by Crippen LogP contribution is 2.46. The average molecular weight is 218 g/mol. The molecule has 1 heteroatoms. The highest BCUT2D eigenvalue weighted by Gasteiger charge is 2.36. The molecule has 4 atom stereocenters. The van der Waals surface area contributed by atoms with Crippen molar-refractivity contribution in [2.75, 3.05) is 0 Å². The summed E-state index contributed by atoms with van der Waals surface area (Å²) >= 11 is 0. The van der Waals surface area contributed by atoms with E-state index in [-0.39, 0.29) is 0 Å². The minimum Gasteiger partial charge on any atom is -0.103 e. The van der Waals surface area contributed by atoms with Crippen LogP contribution in [-0.2, 0) is 0 Å². The zero-order valence-corrected chi connectivity index (χ0v) is 10.9. The monoisotopic (exact) mass is 218 g/mol. The topological polar surface area (TPSA) is 0 Å². The maximum absolute atomic E-state index is 3.84. The number of hydrogen-bond acceptors (Lipinski definition) is 0. The van der Waals surface area contributed by atoms with Crippen molar-refractivity contribution in [3.8, 4) is 0 Å². The predicted molar refractivity (Wildman–Crippen MR) is 70.9 cm³/mol. The van der Waals surface area contributed by atoms with E-state index in [9.17, 15) is 0 Å².